The highest BCUT2D eigenvalue weighted by atomic mass is 16.5. The lowest BCUT2D eigenvalue weighted by molar-refractivity contribution is -0.125. The molecule has 3 aromatic rings. The van der Waals surface area contributed by atoms with E-state index in [2.05, 4.69) is 15.5 Å². The molecule has 1 aliphatic heterocycles. The number of benzene rings is 2. The Labute approximate surface area is 181 Å². The maximum atomic E-state index is 12.7. The summed E-state index contributed by atoms with van der Waals surface area (Å²) in [7, 11) is 3.23. The standard InChI is InChI=1S/C23H26N4O4/c1-29-19-8-9-20(30-2)18(14-19)15-24-21(28)16-10-12-27(13-11-16)23-26-25-22(31-23)17-6-4-3-5-7-17/h3-9,14,16H,10-13,15H2,1-2H3,(H,24,28). The fourth-order valence-electron chi connectivity index (χ4n) is 3.72. The minimum Gasteiger partial charge on any atom is -0.497 e. The van der Waals surface area contributed by atoms with E-state index in [1.165, 1.54) is 0 Å². The highest BCUT2D eigenvalue weighted by Crippen LogP contribution is 2.27. The molecule has 1 aromatic heterocycles. The molecule has 2 heterocycles. The molecule has 162 valence electrons. The number of anilines is 1. The van der Waals surface area contributed by atoms with Crippen molar-refractivity contribution in [1.29, 1.82) is 0 Å². The largest absolute Gasteiger partial charge is 0.497 e. The van der Waals surface area contributed by atoms with Gasteiger partial charge >= 0.3 is 6.01 Å². The summed E-state index contributed by atoms with van der Waals surface area (Å²) in [5, 5.41) is 11.4. The lowest BCUT2D eigenvalue weighted by Crippen LogP contribution is -2.40. The Hall–Kier alpha value is -3.55. The van der Waals surface area contributed by atoms with E-state index in [9.17, 15) is 4.79 Å². The monoisotopic (exact) mass is 422 g/mol. The summed E-state index contributed by atoms with van der Waals surface area (Å²) in [6.45, 7) is 1.78. The van der Waals surface area contributed by atoms with Crippen LogP contribution in [0.4, 0.5) is 6.01 Å². The summed E-state index contributed by atoms with van der Waals surface area (Å²) in [4.78, 5) is 14.7. The highest BCUT2D eigenvalue weighted by molar-refractivity contribution is 5.79. The van der Waals surface area contributed by atoms with Gasteiger partial charge in [0.1, 0.15) is 11.5 Å². The SMILES string of the molecule is COc1ccc(OC)c(CNC(=O)C2CCN(c3nnc(-c4ccccc4)o3)CC2)c1. The fourth-order valence-corrected chi connectivity index (χ4v) is 3.72. The summed E-state index contributed by atoms with van der Waals surface area (Å²) in [6.07, 6.45) is 1.45. The van der Waals surface area contributed by atoms with Crippen molar-refractivity contribution >= 4 is 11.9 Å². The fraction of sp³-hybridized carbons (Fsp3) is 0.348. The van der Waals surface area contributed by atoms with E-state index in [0.717, 1.165) is 35.5 Å². The van der Waals surface area contributed by atoms with E-state index in [1.807, 2.05) is 53.4 Å². The van der Waals surface area contributed by atoms with Gasteiger partial charge in [0.25, 0.3) is 0 Å². The van der Waals surface area contributed by atoms with Crippen molar-refractivity contribution < 1.29 is 18.7 Å². The molecule has 1 fully saturated rings. The minimum atomic E-state index is -0.0515. The van der Waals surface area contributed by atoms with E-state index in [-0.39, 0.29) is 11.8 Å². The van der Waals surface area contributed by atoms with E-state index in [0.29, 0.717) is 31.5 Å². The number of hydrogen-bond donors (Lipinski definition) is 1. The molecule has 8 heteroatoms. The van der Waals surface area contributed by atoms with Crippen molar-refractivity contribution in [1.82, 2.24) is 15.5 Å². The van der Waals surface area contributed by atoms with Gasteiger partial charge in [0.2, 0.25) is 11.8 Å². The zero-order valence-electron chi connectivity index (χ0n) is 17.7. The van der Waals surface area contributed by atoms with Gasteiger partial charge in [-0.05, 0) is 43.2 Å². The van der Waals surface area contributed by atoms with Crippen molar-refractivity contribution in [2.75, 3.05) is 32.2 Å². The van der Waals surface area contributed by atoms with E-state index >= 15 is 0 Å². The lowest BCUT2D eigenvalue weighted by atomic mass is 9.96. The maximum absolute atomic E-state index is 12.7. The molecule has 4 rings (SSSR count). The van der Waals surface area contributed by atoms with Crippen LogP contribution in [0.2, 0.25) is 0 Å². The third-order valence-electron chi connectivity index (χ3n) is 5.51. The molecule has 1 amide bonds. The molecular formula is C23H26N4O4. The molecule has 8 nitrogen and oxygen atoms in total. The van der Waals surface area contributed by atoms with Crippen LogP contribution in [-0.4, -0.2) is 43.4 Å². The summed E-state index contributed by atoms with van der Waals surface area (Å²) >= 11 is 0. The van der Waals surface area contributed by atoms with Gasteiger partial charge in [0, 0.05) is 36.7 Å². The molecular weight excluding hydrogens is 396 g/mol. The Bertz CT molecular complexity index is 1010. The molecule has 0 saturated carbocycles. The summed E-state index contributed by atoms with van der Waals surface area (Å²) in [5.74, 6) is 1.95. The second-order valence-corrected chi connectivity index (χ2v) is 7.41. The quantitative estimate of drug-likeness (QED) is 0.625. The Morgan fingerprint density at radius 1 is 1.10 bits per heavy atom. The van der Waals surface area contributed by atoms with Crippen LogP contribution in [0.5, 0.6) is 11.5 Å². The Morgan fingerprint density at radius 2 is 1.87 bits per heavy atom. The van der Waals surface area contributed by atoms with Crippen molar-refractivity contribution in [2.45, 2.75) is 19.4 Å². The van der Waals surface area contributed by atoms with E-state index in [1.54, 1.807) is 14.2 Å². The second kappa shape index (κ2) is 9.51. The van der Waals surface area contributed by atoms with E-state index < -0.39 is 0 Å². The second-order valence-electron chi connectivity index (χ2n) is 7.41. The number of hydrogen-bond acceptors (Lipinski definition) is 7. The molecule has 0 aliphatic carbocycles. The van der Waals surface area contributed by atoms with Crippen molar-refractivity contribution in [3.8, 4) is 23.0 Å². The molecule has 1 N–H and O–H groups in total. The van der Waals surface area contributed by atoms with Crippen LogP contribution in [0.25, 0.3) is 11.5 Å². The molecule has 0 bridgehead atoms. The number of rotatable bonds is 7. The normalized spacial score (nSPS) is 14.3. The van der Waals surface area contributed by atoms with Gasteiger partial charge in [-0.25, -0.2) is 0 Å². The maximum Gasteiger partial charge on any atom is 0.318 e. The number of nitrogens with zero attached hydrogens (tertiary/aromatic N) is 3. The third kappa shape index (κ3) is 4.79. The Balaban J connectivity index is 1.31. The average molecular weight is 422 g/mol. The van der Waals surface area contributed by atoms with Crippen LogP contribution in [0.1, 0.15) is 18.4 Å². The number of aromatic nitrogens is 2. The van der Waals surface area contributed by atoms with Crippen LogP contribution in [0.3, 0.4) is 0 Å². The molecule has 31 heavy (non-hydrogen) atoms. The van der Waals surface area contributed by atoms with Crippen molar-refractivity contribution in [2.24, 2.45) is 5.92 Å². The molecule has 0 spiro atoms. The van der Waals surface area contributed by atoms with Crippen LogP contribution in [-0.2, 0) is 11.3 Å². The van der Waals surface area contributed by atoms with Gasteiger partial charge in [-0.3, -0.25) is 4.79 Å². The van der Waals surface area contributed by atoms with Gasteiger partial charge in [-0.15, -0.1) is 5.10 Å². The predicted octanol–water partition coefficient (Wildman–Crippen LogP) is 3.29. The smallest absolute Gasteiger partial charge is 0.318 e. The zero-order chi connectivity index (χ0) is 21.6. The van der Waals surface area contributed by atoms with Gasteiger partial charge in [-0.1, -0.05) is 23.3 Å². The summed E-state index contributed by atoms with van der Waals surface area (Å²) in [5.41, 5.74) is 1.77. The van der Waals surface area contributed by atoms with Gasteiger partial charge in [0.15, 0.2) is 0 Å². The van der Waals surface area contributed by atoms with E-state index in [4.69, 9.17) is 13.9 Å². The molecule has 0 radical (unpaired) electrons. The first-order valence-electron chi connectivity index (χ1n) is 10.3. The Kier molecular flexibility index (Phi) is 6.35. The first kappa shape index (κ1) is 20.7. The molecule has 0 atom stereocenters. The number of nitrogens with one attached hydrogen (secondary N) is 1. The van der Waals surface area contributed by atoms with Crippen LogP contribution in [0.15, 0.2) is 52.9 Å². The summed E-state index contributed by atoms with van der Waals surface area (Å²) < 4.78 is 16.5. The van der Waals surface area contributed by atoms with Crippen LogP contribution >= 0.6 is 0 Å². The number of piperidine rings is 1. The predicted molar refractivity (Wildman–Crippen MR) is 116 cm³/mol. The number of carbonyl (C=O) groups is 1. The first-order chi connectivity index (χ1) is 15.2. The molecule has 1 saturated heterocycles. The topological polar surface area (TPSA) is 89.7 Å². The molecule has 1 aliphatic rings. The molecule has 0 unspecified atom stereocenters. The Morgan fingerprint density at radius 3 is 2.58 bits per heavy atom. The third-order valence-corrected chi connectivity index (χ3v) is 5.51. The number of carbonyl (C=O) groups excluding carboxylic acids is 1. The van der Waals surface area contributed by atoms with Crippen molar-refractivity contribution in [3.05, 3.63) is 54.1 Å². The van der Waals surface area contributed by atoms with Gasteiger partial charge in [0.05, 0.1) is 14.2 Å². The highest BCUT2D eigenvalue weighted by Gasteiger charge is 2.27. The molecule has 2 aromatic carbocycles. The average Bonchev–Trinajstić information content (AvgIpc) is 3.33. The van der Waals surface area contributed by atoms with Gasteiger partial charge in [-0.2, -0.15) is 0 Å². The van der Waals surface area contributed by atoms with Crippen LogP contribution in [0, 0.1) is 5.92 Å². The number of methoxy groups -OCH3 is 2. The van der Waals surface area contributed by atoms with Crippen LogP contribution < -0.4 is 19.7 Å². The van der Waals surface area contributed by atoms with Crippen molar-refractivity contribution in [3.63, 3.8) is 0 Å². The number of amides is 1. The zero-order valence-corrected chi connectivity index (χ0v) is 17.7. The summed E-state index contributed by atoms with van der Waals surface area (Å²) in [6, 6.07) is 15.7. The minimum absolute atomic E-state index is 0.0417. The first-order valence-corrected chi connectivity index (χ1v) is 10.3. The number of ether oxygens (including phenoxy) is 2. The van der Waals surface area contributed by atoms with Gasteiger partial charge < -0.3 is 24.1 Å². The lowest BCUT2D eigenvalue weighted by Gasteiger charge is -2.29.